The molecule has 0 aliphatic heterocycles. The number of carboxylic acids is 1. The first kappa shape index (κ1) is 24.0. The zero-order valence-electron chi connectivity index (χ0n) is 17.4. The Kier molecular flexibility index (Phi) is 8.25. The average molecular weight is 438 g/mol. The standard InChI is InChI=1S/C20H23FN2O8/c1-11(12-5-7-13(21)8-6-12)22-31-20(27)14-9-23(10-15(28-2)29-3)16(19(25)26)18(30-4)17(14)24/h5-9,11,15,22H,10H2,1-4H3,(H,25,26). The number of hydrogen-bond donors (Lipinski definition) is 2. The van der Waals surface area contributed by atoms with E-state index < -0.39 is 52.5 Å². The summed E-state index contributed by atoms with van der Waals surface area (Å²) in [5.41, 5.74) is 1.21. The summed E-state index contributed by atoms with van der Waals surface area (Å²) in [4.78, 5) is 41.9. The van der Waals surface area contributed by atoms with Crippen LogP contribution < -0.4 is 15.6 Å². The Hall–Kier alpha value is -3.28. The lowest BCUT2D eigenvalue weighted by Crippen LogP contribution is -2.32. The minimum Gasteiger partial charge on any atom is -0.491 e. The molecule has 2 rings (SSSR count). The van der Waals surface area contributed by atoms with Gasteiger partial charge in [0.2, 0.25) is 5.43 Å². The summed E-state index contributed by atoms with van der Waals surface area (Å²) in [6.45, 7) is 1.51. The van der Waals surface area contributed by atoms with Gasteiger partial charge < -0.3 is 28.7 Å². The predicted molar refractivity (Wildman–Crippen MR) is 105 cm³/mol. The fourth-order valence-corrected chi connectivity index (χ4v) is 2.76. The van der Waals surface area contributed by atoms with E-state index in [1.54, 1.807) is 6.92 Å². The number of hydroxylamine groups is 1. The van der Waals surface area contributed by atoms with E-state index in [0.717, 1.165) is 17.9 Å². The monoisotopic (exact) mass is 438 g/mol. The van der Waals surface area contributed by atoms with Crippen LogP contribution in [0.25, 0.3) is 0 Å². The maximum atomic E-state index is 13.1. The number of carbonyl (C=O) groups excluding carboxylic acids is 1. The van der Waals surface area contributed by atoms with Crippen LogP contribution in [0, 0.1) is 5.82 Å². The van der Waals surface area contributed by atoms with Crippen molar-refractivity contribution in [2.45, 2.75) is 25.8 Å². The van der Waals surface area contributed by atoms with Gasteiger partial charge in [-0.2, -0.15) is 0 Å². The Labute approximate surface area is 177 Å². The van der Waals surface area contributed by atoms with Gasteiger partial charge in [-0.15, -0.1) is 5.48 Å². The van der Waals surface area contributed by atoms with Crippen molar-refractivity contribution < 1.29 is 38.1 Å². The number of rotatable bonds is 10. The highest BCUT2D eigenvalue weighted by Crippen LogP contribution is 2.18. The number of nitrogens with zero attached hydrogens (tertiary/aromatic N) is 1. The number of carboxylic acid groups (broad SMARTS) is 1. The van der Waals surface area contributed by atoms with Crippen LogP contribution in [0.1, 0.15) is 39.4 Å². The van der Waals surface area contributed by atoms with E-state index in [1.807, 2.05) is 0 Å². The average Bonchev–Trinajstić information content (AvgIpc) is 2.76. The van der Waals surface area contributed by atoms with Crippen LogP contribution in [0.2, 0.25) is 0 Å². The normalized spacial score (nSPS) is 11.9. The molecule has 1 heterocycles. The third kappa shape index (κ3) is 5.66. The van der Waals surface area contributed by atoms with Gasteiger partial charge in [0.15, 0.2) is 17.7 Å². The topological polar surface area (TPSA) is 125 Å². The minimum atomic E-state index is -1.44. The van der Waals surface area contributed by atoms with Crippen LogP contribution >= 0.6 is 0 Å². The molecule has 31 heavy (non-hydrogen) atoms. The van der Waals surface area contributed by atoms with Crippen LogP contribution in [0.4, 0.5) is 4.39 Å². The quantitative estimate of drug-likeness (QED) is 0.421. The molecule has 10 nitrogen and oxygen atoms in total. The molecule has 168 valence electrons. The molecule has 1 aromatic heterocycles. The lowest BCUT2D eigenvalue weighted by atomic mass is 10.1. The van der Waals surface area contributed by atoms with Gasteiger partial charge in [0, 0.05) is 20.4 Å². The Morgan fingerprint density at radius 3 is 2.29 bits per heavy atom. The number of hydrogen-bond acceptors (Lipinski definition) is 8. The number of methoxy groups -OCH3 is 3. The molecular weight excluding hydrogens is 415 g/mol. The molecule has 0 aliphatic carbocycles. The number of carbonyl (C=O) groups is 2. The lowest BCUT2D eigenvalue weighted by Gasteiger charge is -2.20. The number of benzene rings is 1. The highest BCUT2D eigenvalue weighted by atomic mass is 19.1. The largest absolute Gasteiger partial charge is 0.491 e. The Morgan fingerprint density at radius 2 is 1.77 bits per heavy atom. The van der Waals surface area contributed by atoms with Crippen molar-refractivity contribution in [1.29, 1.82) is 0 Å². The Balaban J connectivity index is 2.35. The smallest absolute Gasteiger partial charge is 0.362 e. The van der Waals surface area contributed by atoms with Gasteiger partial charge in [0.1, 0.15) is 11.4 Å². The van der Waals surface area contributed by atoms with Crippen LogP contribution in [-0.2, 0) is 20.9 Å². The number of aromatic carboxylic acids is 1. The number of pyridine rings is 1. The van der Waals surface area contributed by atoms with E-state index in [2.05, 4.69) is 5.48 Å². The van der Waals surface area contributed by atoms with Crippen molar-refractivity contribution in [2.24, 2.45) is 0 Å². The Morgan fingerprint density at radius 1 is 1.16 bits per heavy atom. The molecule has 1 aromatic carbocycles. The fourth-order valence-electron chi connectivity index (χ4n) is 2.76. The second-order valence-corrected chi connectivity index (χ2v) is 6.39. The number of nitrogens with one attached hydrogen (secondary N) is 1. The van der Waals surface area contributed by atoms with E-state index >= 15 is 0 Å². The molecule has 1 atom stereocenters. The number of aromatic nitrogens is 1. The van der Waals surface area contributed by atoms with Gasteiger partial charge >= 0.3 is 11.9 Å². The molecule has 0 saturated heterocycles. The van der Waals surface area contributed by atoms with Gasteiger partial charge in [-0.25, -0.2) is 14.0 Å². The first-order valence-electron chi connectivity index (χ1n) is 9.05. The summed E-state index contributed by atoms with van der Waals surface area (Å²) >= 11 is 0. The maximum absolute atomic E-state index is 13.1. The van der Waals surface area contributed by atoms with Crippen molar-refractivity contribution in [3.8, 4) is 5.75 Å². The molecule has 0 radical (unpaired) electrons. The molecule has 2 aromatic rings. The number of ether oxygens (including phenoxy) is 3. The Bertz CT molecular complexity index is 986. The third-order valence-corrected chi connectivity index (χ3v) is 4.43. The third-order valence-electron chi connectivity index (χ3n) is 4.43. The molecule has 0 fully saturated rings. The maximum Gasteiger partial charge on any atom is 0.362 e. The van der Waals surface area contributed by atoms with Gasteiger partial charge in [-0.3, -0.25) is 4.79 Å². The van der Waals surface area contributed by atoms with E-state index in [-0.39, 0.29) is 6.54 Å². The predicted octanol–water partition coefficient (Wildman–Crippen LogP) is 1.74. The summed E-state index contributed by atoms with van der Waals surface area (Å²) < 4.78 is 29.3. The summed E-state index contributed by atoms with van der Waals surface area (Å²) in [7, 11) is 3.82. The van der Waals surface area contributed by atoms with E-state index in [4.69, 9.17) is 19.0 Å². The zero-order valence-corrected chi connectivity index (χ0v) is 17.4. The zero-order chi connectivity index (χ0) is 23.1. The molecule has 0 bridgehead atoms. The molecule has 11 heteroatoms. The highest BCUT2D eigenvalue weighted by molar-refractivity contribution is 5.93. The molecule has 1 unspecified atom stereocenters. The number of halogens is 1. The van der Waals surface area contributed by atoms with Crippen molar-refractivity contribution >= 4 is 11.9 Å². The van der Waals surface area contributed by atoms with E-state index in [9.17, 15) is 23.9 Å². The highest BCUT2D eigenvalue weighted by Gasteiger charge is 2.27. The molecule has 0 aliphatic rings. The van der Waals surface area contributed by atoms with Gasteiger partial charge in [0.05, 0.1) is 19.7 Å². The van der Waals surface area contributed by atoms with Crippen molar-refractivity contribution in [3.05, 3.63) is 63.3 Å². The first-order valence-corrected chi connectivity index (χ1v) is 9.05. The van der Waals surface area contributed by atoms with Crippen LogP contribution in [0.3, 0.4) is 0 Å². The second kappa shape index (κ2) is 10.7. The van der Waals surface area contributed by atoms with Crippen LogP contribution in [0.15, 0.2) is 35.3 Å². The van der Waals surface area contributed by atoms with E-state index in [0.29, 0.717) is 5.56 Å². The summed E-state index contributed by atoms with van der Waals surface area (Å²) in [5, 5.41) is 9.53. The van der Waals surface area contributed by atoms with Crippen LogP contribution in [0.5, 0.6) is 5.75 Å². The molecule has 0 spiro atoms. The van der Waals surface area contributed by atoms with Crippen molar-refractivity contribution in [1.82, 2.24) is 10.0 Å². The first-order chi connectivity index (χ1) is 14.7. The summed E-state index contributed by atoms with van der Waals surface area (Å²) in [6.07, 6.45) is 0.178. The summed E-state index contributed by atoms with van der Waals surface area (Å²) in [6, 6.07) is 5.01. The molecule has 0 saturated carbocycles. The van der Waals surface area contributed by atoms with Crippen molar-refractivity contribution in [2.75, 3.05) is 21.3 Å². The van der Waals surface area contributed by atoms with Crippen molar-refractivity contribution in [3.63, 3.8) is 0 Å². The van der Waals surface area contributed by atoms with Gasteiger partial charge in [-0.1, -0.05) is 12.1 Å². The summed E-state index contributed by atoms with van der Waals surface area (Å²) in [5.74, 6) is -3.46. The molecular formula is C20H23FN2O8. The SMILES string of the molecule is COc1c(C(=O)O)n(CC(OC)OC)cc(C(=O)ONC(C)c2ccc(F)cc2)c1=O. The molecule has 2 N–H and O–H groups in total. The molecule has 0 amide bonds. The minimum absolute atomic E-state index is 0.148. The van der Waals surface area contributed by atoms with E-state index in [1.165, 1.54) is 38.5 Å². The van der Waals surface area contributed by atoms with Crippen LogP contribution in [-0.4, -0.2) is 49.2 Å². The van der Waals surface area contributed by atoms with Gasteiger partial charge in [-0.05, 0) is 24.6 Å². The van der Waals surface area contributed by atoms with Gasteiger partial charge in [0.25, 0.3) is 0 Å². The lowest BCUT2D eigenvalue weighted by molar-refractivity contribution is -0.111. The second-order valence-electron chi connectivity index (χ2n) is 6.39. The fraction of sp³-hybridized carbons (Fsp3) is 0.350.